The van der Waals surface area contributed by atoms with Crippen molar-refractivity contribution in [3.63, 3.8) is 0 Å². The number of aromatic nitrogens is 2. The number of nitrogens with zero attached hydrogens (tertiary/aromatic N) is 2. The van der Waals surface area contributed by atoms with Crippen molar-refractivity contribution >= 4 is 11.8 Å². The van der Waals surface area contributed by atoms with Crippen molar-refractivity contribution < 1.29 is 4.52 Å². The van der Waals surface area contributed by atoms with Crippen LogP contribution in [0.1, 0.15) is 44.8 Å². The minimum atomic E-state index is 0.170. The third-order valence-electron chi connectivity index (χ3n) is 2.25. The maximum Gasteiger partial charge on any atom is 0.231 e. The summed E-state index contributed by atoms with van der Waals surface area (Å²) < 4.78 is 5.26. The van der Waals surface area contributed by atoms with E-state index in [1.165, 1.54) is 0 Å². The van der Waals surface area contributed by atoms with Crippen LogP contribution < -0.4 is 5.73 Å². The van der Waals surface area contributed by atoms with Gasteiger partial charge >= 0.3 is 0 Å². The number of rotatable bonds is 5. The van der Waals surface area contributed by atoms with Crippen LogP contribution in [0.5, 0.6) is 0 Å². The van der Waals surface area contributed by atoms with Crippen molar-refractivity contribution in [2.45, 2.75) is 38.9 Å². The molecule has 0 aliphatic heterocycles. The van der Waals surface area contributed by atoms with Gasteiger partial charge in [-0.05, 0) is 18.1 Å². The molecule has 1 heterocycles. The summed E-state index contributed by atoms with van der Waals surface area (Å²) in [4.78, 5) is 4.38. The van der Waals surface area contributed by atoms with Gasteiger partial charge in [-0.15, -0.1) is 0 Å². The van der Waals surface area contributed by atoms with Gasteiger partial charge in [0.05, 0.1) is 11.7 Å². The molecule has 1 atom stereocenters. The lowest BCUT2D eigenvalue weighted by Crippen LogP contribution is -2.19. The van der Waals surface area contributed by atoms with Gasteiger partial charge < -0.3 is 10.3 Å². The zero-order chi connectivity index (χ0) is 12.2. The third kappa shape index (κ3) is 4.14. The molecule has 0 aromatic carbocycles. The minimum Gasteiger partial charge on any atom is -0.339 e. The topological polar surface area (TPSA) is 64.9 Å². The first kappa shape index (κ1) is 13.5. The van der Waals surface area contributed by atoms with E-state index in [0.29, 0.717) is 12.4 Å². The maximum absolute atomic E-state index is 5.76. The van der Waals surface area contributed by atoms with Crippen molar-refractivity contribution in [3.8, 4) is 0 Å². The van der Waals surface area contributed by atoms with Gasteiger partial charge in [0.15, 0.2) is 5.82 Å². The van der Waals surface area contributed by atoms with E-state index in [0.717, 1.165) is 18.0 Å². The van der Waals surface area contributed by atoms with Gasteiger partial charge in [-0.1, -0.05) is 25.9 Å². The molecule has 2 N–H and O–H groups in total. The van der Waals surface area contributed by atoms with Crippen LogP contribution in [0.25, 0.3) is 0 Å². The summed E-state index contributed by atoms with van der Waals surface area (Å²) in [5.41, 5.74) is 5.98. The van der Waals surface area contributed by atoms with Crippen molar-refractivity contribution in [2.75, 3.05) is 12.8 Å². The van der Waals surface area contributed by atoms with Gasteiger partial charge in [0.2, 0.25) is 5.89 Å². The largest absolute Gasteiger partial charge is 0.339 e. The van der Waals surface area contributed by atoms with Crippen molar-refractivity contribution in [2.24, 2.45) is 11.1 Å². The standard InChI is InChI=1S/C11H21N3OS/c1-11(2,3)5-8(6-12)10-13-9(7-16-4)14-15-10/h8H,5-7,12H2,1-4H3. The molecule has 0 spiro atoms. The Hall–Kier alpha value is -0.550. The van der Waals surface area contributed by atoms with Crippen LogP contribution in [0.3, 0.4) is 0 Å². The monoisotopic (exact) mass is 243 g/mol. The van der Waals surface area contributed by atoms with Crippen LogP contribution in [0.2, 0.25) is 0 Å². The van der Waals surface area contributed by atoms with Crippen molar-refractivity contribution in [3.05, 3.63) is 11.7 Å². The fourth-order valence-electron chi connectivity index (χ4n) is 1.63. The van der Waals surface area contributed by atoms with Gasteiger partial charge in [0.1, 0.15) is 0 Å². The molecule has 0 fully saturated rings. The van der Waals surface area contributed by atoms with E-state index in [9.17, 15) is 0 Å². The van der Waals surface area contributed by atoms with E-state index in [2.05, 4.69) is 30.9 Å². The molecule has 0 radical (unpaired) electrons. The molecule has 0 aliphatic carbocycles. The van der Waals surface area contributed by atoms with E-state index in [-0.39, 0.29) is 11.3 Å². The maximum atomic E-state index is 5.76. The quantitative estimate of drug-likeness (QED) is 0.860. The highest BCUT2D eigenvalue weighted by atomic mass is 32.2. The van der Waals surface area contributed by atoms with Crippen LogP contribution in [-0.2, 0) is 5.75 Å². The second-order valence-electron chi connectivity index (χ2n) is 5.18. The fourth-order valence-corrected chi connectivity index (χ4v) is 2.01. The highest BCUT2D eigenvalue weighted by Crippen LogP contribution is 2.29. The summed E-state index contributed by atoms with van der Waals surface area (Å²) in [5, 5.41) is 3.94. The fraction of sp³-hybridized carbons (Fsp3) is 0.818. The van der Waals surface area contributed by atoms with Crippen LogP contribution in [0, 0.1) is 5.41 Å². The Bertz CT molecular complexity index is 319. The third-order valence-corrected chi connectivity index (χ3v) is 2.80. The lowest BCUT2D eigenvalue weighted by molar-refractivity contribution is 0.286. The molecule has 0 bridgehead atoms. The molecule has 0 saturated heterocycles. The van der Waals surface area contributed by atoms with Crippen LogP contribution >= 0.6 is 11.8 Å². The lowest BCUT2D eigenvalue weighted by Gasteiger charge is -2.22. The van der Waals surface area contributed by atoms with E-state index in [1.54, 1.807) is 11.8 Å². The van der Waals surface area contributed by atoms with E-state index in [4.69, 9.17) is 10.3 Å². The van der Waals surface area contributed by atoms with Gasteiger partial charge in [-0.3, -0.25) is 0 Å². The van der Waals surface area contributed by atoms with Crippen molar-refractivity contribution in [1.82, 2.24) is 10.1 Å². The summed E-state index contributed by atoms with van der Waals surface area (Å²) in [6.07, 6.45) is 2.98. The first-order chi connectivity index (χ1) is 7.46. The molecule has 1 aromatic rings. The van der Waals surface area contributed by atoms with Crippen LogP contribution in [0.4, 0.5) is 0 Å². The summed E-state index contributed by atoms with van der Waals surface area (Å²) in [5.74, 6) is 2.40. The average Bonchev–Trinajstić information content (AvgIpc) is 2.62. The SMILES string of the molecule is CSCc1noc(C(CN)CC(C)(C)C)n1. The number of thioether (sulfide) groups is 1. The minimum absolute atomic E-state index is 0.170. The summed E-state index contributed by atoms with van der Waals surface area (Å²) >= 11 is 1.68. The highest BCUT2D eigenvalue weighted by Gasteiger charge is 2.23. The lowest BCUT2D eigenvalue weighted by atomic mass is 9.84. The summed E-state index contributed by atoms with van der Waals surface area (Å²) in [6, 6.07) is 0. The number of nitrogens with two attached hydrogens (primary N) is 1. The van der Waals surface area contributed by atoms with Crippen molar-refractivity contribution in [1.29, 1.82) is 0 Å². The highest BCUT2D eigenvalue weighted by molar-refractivity contribution is 7.97. The Kier molecular flexibility index (Phi) is 4.80. The van der Waals surface area contributed by atoms with Crippen LogP contribution in [0.15, 0.2) is 4.52 Å². The number of hydrogen-bond acceptors (Lipinski definition) is 5. The normalized spacial score (nSPS) is 14.1. The molecular weight excluding hydrogens is 222 g/mol. The molecule has 5 heteroatoms. The molecule has 16 heavy (non-hydrogen) atoms. The molecule has 1 aromatic heterocycles. The van der Waals surface area contributed by atoms with Gasteiger partial charge in [-0.2, -0.15) is 16.7 Å². The number of hydrogen-bond donors (Lipinski definition) is 1. The molecule has 0 amide bonds. The molecule has 4 nitrogen and oxygen atoms in total. The van der Waals surface area contributed by atoms with E-state index < -0.39 is 0 Å². The van der Waals surface area contributed by atoms with Crippen LogP contribution in [-0.4, -0.2) is 22.9 Å². The first-order valence-corrected chi connectivity index (χ1v) is 6.87. The predicted molar refractivity (Wildman–Crippen MR) is 67.4 cm³/mol. The molecular formula is C11H21N3OS. The Labute approximate surface area is 101 Å². The Morgan fingerprint density at radius 3 is 2.62 bits per heavy atom. The summed E-state index contributed by atoms with van der Waals surface area (Å²) in [7, 11) is 0. The Morgan fingerprint density at radius 1 is 1.44 bits per heavy atom. The average molecular weight is 243 g/mol. The molecule has 0 aliphatic rings. The second-order valence-corrected chi connectivity index (χ2v) is 6.05. The first-order valence-electron chi connectivity index (χ1n) is 5.47. The zero-order valence-electron chi connectivity index (χ0n) is 10.5. The molecule has 0 saturated carbocycles. The molecule has 92 valence electrons. The Balaban J connectivity index is 2.71. The van der Waals surface area contributed by atoms with Gasteiger partial charge in [0.25, 0.3) is 0 Å². The molecule has 1 rings (SSSR count). The molecule has 1 unspecified atom stereocenters. The smallest absolute Gasteiger partial charge is 0.231 e. The van der Waals surface area contributed by atoms with Gasteiger partial charge in [-0.25, -0.2) is 0 Å². The second kappa shape index (κ2) is 5.68. The summed E-state index contributed by atoms with van der Waals surface area (Å²) in [6.45, 7) is 7.12. The van der Waals surface area contributed by atoms with E-state index in [1.807, 2.05) is 6.26 Å². The van der Waals surface area contributed by atoms with E-state index >= 15 is 0 Å². The Morgan fingerprint density at radius 2 is 2.12 bits per heavy atom. The zero-order valence-corrected chi connectivity index (χ0v) is 11.3. The predicted octanol–water partition coefficient (Wildman–Crippen LogP) is 2.41. The van der Waals surface area contributed by atoms with Gasteiger partial charge in [0, 0.05) is 6.54 Å².